The van der Waals surface area contributed by atoms with Crippen molar-refractivity contribution in [3.8, 4) is 0 Å². The lowest BCUT2D eigenvalue weighted by Crippen LogP contribution is -2.57. The van der Waals surface area contributed by atoms with Crippen molar-refractivity contribution in [1.29, 1.82) is 0 Å². The minimum absolute atomic E-state index is 0. The normalized spacial score (nSPS) is 29.2. The molecule has 3 rings (SSSR count). The first-order chi connectivity index (χ1) is 10.2. The molecule has 0 aliphatic carbocycles. The van der Waals surface area contributed by atoms with Gasteiger partial charge in [-0.05, 0) is 51.7 Å². The number of amides is 2. The van der Waals surface area contributed by atoms with E-state index in [0.717, 1.165) is 45.3 Å². The van der Waals surface area contributed by atoms with Gasteiger partial charge in [0.25, 0.3) is 5.91 Å². The van der Waals surface area contributed by atoms with Crippen LogP contribution in [0.2, 0.25) is 0 Å². The molecule has 23 heavy (non-hydrogen) atoms. The molecule has 1 atom stereocenters. The highest BCUT2D eigenvalue weighted by Gasteiger charge is 2.55. The standard InChI is InChI=1S/C15H25N3O3.2ClH/c1-2-9-18-13(19)15(21-14(18)20)6-3-10-17(11-15)12-4-7-16-8-5-12;;/h12,16H,2-11H2,1H3;2*1H. The summed E-state index contributed by atoms with van der Waals surface area (Å²) in [5.41, 5.74) is -0.907. The quantitative estimate of drug-likeness (QED) is 0.823. The van der Waals surface area contributed by atoms with Crippen LogP contribution in [-0.4, -0.2) is 66.2 Å². The van der Waals surface area contributed by atoms with Crippen molar-refractivity contribution in [3.63, 3.8) is 0 Å². The van der Waals surface area contributed by atoms with Crippen molar-refractivity contribution < 1.29 is 14.3 Å². The highest BCUT2D eigenvalue weighted by Crippen LogP contribution is 2.35. The zero-order chi connectivity index (χ0) is 14.9. The molecule has 1 spiro atoms. The van der Waals surface area contributed by atoms with Crippen LogP contribution >= 0.6 is 24.8 Å². The van der Waals surface area contributed by atoms with Gasteiger partial charge >= 0.3 is 6.09 Å². The van der Waals surface area contributed by atoms with Crippen LogP contribution in [0.3, 0.4) is 0 Å². The molecular weight excluding hydrogens is 341 g/mol. The van der Waals surface area contributed by atoms with Crippen molar-refractivity contribution >= 4 is 36.8 Å². The van der Waals surface area contributed by atoms with Crippen LogP contribution in [0.4, 0.5) is 4.79 Å². The number of halogens is 2. The molecule has 1 N–H and O–H groups in total. The van der Waals surface area contributed by atoms with E-state index in [1.165, 1.54) is 4.90 Å². The number of piperidine rings is 2. The van der Waals surface area contributed by atoms with Crippen molar-refractivity contribution in [3.05, 3.63) is 0 Å². The number of ether oxygens (including phenoxy) is 1. The molecule has 0 aromatic heterocycles. The highest BCUT2D eigenvalue weighted by atomic mass is 35.5. The molecule has 0 radical (unpaired) electrons. The van der Waals surface area contributed by atoms with E-state index in [0.29, 0.717) is 25.6 Å². The van der Waals surface area contributed by atoms with Gasteiger partial charge in [-0.15, -0.1) is 24.8 Å². The van der Waals surface area contributed by atoms with Gasteiger partial charge in [0, 0.05) is 19.1 Å². The summed E-state index contributed by atoms with van der Waals surface area (Å²) in [6.07, 6.45) is 4.12. The summed E-state index contributed by atoms with van der Waals surface area (Å²) in [4.78, 5) is 28.3. The summed E-state index contributed by atoms with van der Waals surface area (Å²) in [6, 6.07) is 0.509. The third-order valence-corrected chi connectivity index (χ3v) is 4.89. The number of carbonyl (C=O) groups excluding carboxylic acids is 2. The van der Waals surface area contributed by atoms with Gasteiger partial charge in [-0.3, -0.25) is 9.69 Å². The summed E-state index contributed by atoms with van der Waals surface area (Å²) in [5.74, 6) is -0.118. The highest BCUT2D eigenvalue weighted by molar-refractivity contribution is 6.03. The molecule has 3 heterocycles. The number of likely N-dealkylation sites (tertiary alicyclic amines) is 1. The minimum atomic E-state index is -0.907. The average Bonchev–Trinajstić information content (AvgIpc) is 2.73. The molecule has 0 aromatic carbocycles. The molecular formula is C15H27Cl2N3O3. The number of hydrogen-bond acceptors (Lipinski definition) is 5. The number of imide groups is 1. The van der Waals surface area contributed by atoms with E-state index in [2.05, 4.69) is 10.2 Å². The molecule has 3 aliphatic rings. The van der Waals surface area contributed by atoms with Gasteiger partial charge < -0.3 is 10.1 Å². The van der Waals surface area contributed by atoms with Crippen LogP contribution in [-0.2, 0) is 9.53 Å². The first-order valence-electron chi connectivity index (χ1n) is 8.16. The van der Waals surface area contributed by atoms with E-state index < -0.39 is 11.7 Å². The van der Waals surface area contributed by atoms with E-state index in [4.69, 9.17) is 4.74 Å². The van der Waals surface area contributed by atoms with Gasteiger partial charge in [0.1, 0.15) is 0 Å². The van der Waals surface area contributed by atoms with E-state index in [-0.39, 0.29) is 30.7 Å². The lowest BCUT2D eigenvalue weighted by atomic mass is 9.89. The maximum absolute atomic E-state index is 12.7. The Hall–Kier alpha value is -0.560. The van der Waals surface area contributed by atoms with E-state index in [1.807, 2.05) is 6.92 Å². The minimum Gasteiger partial charge on any atom is -0.431 e. The lowest BCUT2D eigenvalue weighted by Gasteiger charge is -2.42. The Morgan fingerprint density at radius 2 is 1.96 bits per heavy atom. The van der Waals surface area contributed by atoms with Crippen molar-refractivity contribution in [2.75, 3.05) is 32.7 Å². The molecule has 6 nitrogen and oxygen atoms in total. The van der Waals surface area contributed by atoms with Gasteiger partial charge in [-0.25, -0.2) is 9.69 Å². The summed E-state index contributed by atoms with van der Waals surface area (Å²) in [7, 11) is 0. The predicted molar refractivity (Wildman–Crippen MR) is 92.4 cm³/mol. The monoisotopic (exact) mass is 367 g/mol. The van der Waals surface area contributed by atoms with Gasteiger partial charge in [-0.1, -0.05) is 6.92 Å². The fraction of sp³-hybridized carbons (Fsp3) is 0.867. The third kappa shape index (κ3) is 3.92. The maximum Gasteiger partial charge on any atom is 0.417 e. The Bertz CT molecular complexity index is 432. The SMILES string of the molecule is CCCN1C(=O)OC2(CCCN(C3CCNCC3)C2)C1=O.Cl.Cl. The van der Waals surface area contributed by atoms with Crippen LogP contribution < -0.4 is 5.32 Å². The second-order valence-corrected chi connectivity index (χ2v) is 6.37. The summed E-state index contributed by atoms with van der Waals surface area (Å²) < 4.78 is 5.57. The molecule has 1 unspecified atom stereocenters. The lowest BCUT2D eigenvalue weighted by molar-refractivity contribution is -0.142. The fourth-order valence-corrected chi connectivity index (χ4v) is 3.81. The summed E-state index contributed by atoms with van der Waals surface area (Å²) >= 11 is 0. The second-order valence-electron chi connectivity index (χ2n) is 6.37. The van der Waals surface area contributed by atoms with Crippen LogP contribution in [0.1, 0.15) is 39.0 Å². The van der Waals surface area contributed by atoms with E-state index in [1.54, 1.807) is 0 Å². The first kappa shape index (κ1) is 20.5. The molecule has 3 aliphatic heterocycles. The Kier molecular flexibility index (Phi) is 7.58. The van der Waals surface area contributed by atoms with Crippen molar-refractivity contribution in [1.82, 2.24) is 15.1 Å². The topological polar surface area (TPSA) is 61.9 Å². The van der Waals surface area contributed by atoms with Crippen LogP contribution in [0.25, 0.3) is 0 Å². The Labute approximate surface area is 150 Å². The first-order valence-corrected chi connectivity index (χ1v) is 8.16. The predicted octanol–water partition coefficient (Wildman–Crippen LogP) is 1.81. The third-order valence-electron chi connectivity index (χ3n) is 4.89. The molecule has 134 valence electrons. The maximum atomic E-state index is 12.7. The molecule has 2 amide bonds. The number of hydrogen-bond donors (Lipinski definition) is 1. The molecule has 3 fully saturated rings. The van der Waals surface area contributed by atoms with Gasteiger partial charge in [0.2, 0.25) is 5.60 Å². The zero-order valence-electron chi connectivity index (χ0n) is 13.6. The molecule has 0 saturated carbocycles. The van der Waals surface area contributed by atoms with Crippen LogP contribution in [0, 0.1) is 0 Å². The molecule has 0 aromatic rings. The van der Waals surface area contributed by atoms with Gasteiger partial charge in [-0.2, -0.15) is 0 Å². The smallest absolute Gasteiger partial charge is 0.417 e. The Morgan fingerprint density at radius 3 is 2.61 bits per heavy atom. The Balaban J connectivity index is 0.00000132. The van der Waals surface area contributed by atoms with Gasteiger partial charge in [0.05, 0.1) is 0 Å². The molecule has 3 saturated heterocycles. The zero-order valence-corrected chi connectivity index (χ0v) is 15.2. The van der Waals surface area contributed by atoms with Crippen molar-refractivity contribution in [2.45, 2.75) is 50.7 Å². The van der Waals surface area contributed by atoms with Gasteiger partial charge in [0.15, 0.2) is 0 Å². The molecule has 0 bridgehead atoms. The van der Waals surface area contributed by atoms with Crippen LogP contribution in [0.15, 0.2) is 0 Å². The second kappa shape index (κ2) is 8.51. The van der Waals surface area contributed by atoms with E-state index >= 15 is 0 Å². The Morgan fingerprint density at radius 1 is 1.26 bits per heavy atom. The number of rotatable bonds is 3. The number of nitrogens with zero attached hydrogens (tertiary/aromatic N) is 2. The largest absolute Gasteiger partial charge is 0.431 e. The molecule has 8 heteroatoms. The number of carbonyl (C=O) groups is 2. The summed E-state index contributed by atoms with van der Waals surface area (Å²) in [5, 5.41) is 3.37. The van der Waals surface area contributed by atoms with Crippen LogP contribution in [0.5, 0.6) is 0 Å². The number of nitrogens with one attached hydrogen (secondary N) is 1. The van der Waals surface area contributed by atoms with E-state index in [9.17, 15) is 9.59 Å². The average molecular weight is 368 g/mol. The fourth-order valence-electron chi connectivity index (χ4n) is 3.81. The van der Waals surface area contributed by atoms with Crippen molar-refractivity contribution in [2.24, 2.45) is 0 Å². The summed E-state index contributed by atoms with van der Waals surface area (Å²) in [6.45, 7) is 6.07.